The number of alkyl halides is 3. The molecule has 0 radical (unpaired) electrons. The normalized spacial score (nSPS) is 13.3. The lowest BCUT2D eigenvalue weighted by molar-refractivity contribution is -0.138. The van der Waals surface area contributed by atoms with Crippen LogP contribution in [-0.4, -0.2) is 24.2 Å². The van der Waals surface area contributed by atoms with E-state index in [4.69, 9.17) is 16.3 Å². The van der Waals surface area contributed by atoms with Crippen molar-refractivity contribution in [2.75, 3.05) is 7.11 Å². The van der Waals surface area contributed by atoms with E-state index < -0.39 is 23.3 Å². The summed E-state index contributed by atoms with van der Waals surface area (Å²) in [6.07, 6.45) is -3.14. The van der Waals surface area contributed by atoms with Crippen LogP contribution in [-0.2, 0) is 18.1 Å². The van der Waals surface area contributed by atoms with Crippen LogP contribution >= 0.6 is 11.6 Å². The molecule has 9 heteroatoms. The van der Waals surface area contributed by atoms with Crippen LogP contribution in [0.15, 0.2) is 66.9 Å². The Morgan fingerprint density at radius 2 is 1.79 bits per heavy atom. The van der Waals surface area contributed by atoms with Crippen molar-refractivity contribution < 1.29 is 22.7 Å². The molecule has 5 nitrogen and oxygen atoms in total. The van der Waals surface area contributed by atoms with Crippen LogP contribution in [0.4, 0.5) is 18.0 Å². The fourth-order valence-electron chi connectivity index (χ4n) is 3.74. The molecule has 3 rings (SSSR count). The van der Waals surface area contributed by atoms with Crippen LogP contribution in [0.2, 0.25) is 5.02 Å². The van der Waals surface area contributed by atoms with Gasteiger partial charge in [0.15, 0.2) is 0 Å². The lowest BCUT2D eigenvalue weighted by Gasteiger charge is -2.36. The first-order chi connectivity index (χ1) is 16.0. The van der Waals surface area contributed by atoms with Crippen molar-refractivity contribution in [1.29, 1.82) is 0 Å². The first kappa shape index (κ1) is 25.4. The Hall–Kier alpha value is -3.26. The van der Waals surface area contributed by atoms with E-state index in [1.54, 1.807) is 26.0 Å². The molecule has 0 saturated heterocycles. The monoisotopic (exact) mass is 491 g/mol. The highest BCUT2D eigenvalue weighted by molar-refractivity contribution is 6.30. The Balaban J connectivity index is 2.29. The maximum absolute atomic E-state index is 13.9. The molecule has 2 amide bonds. The second-order valence-electron chi connectivity index (χ2n) is 8.10. The van der Waals surface area contributed by atoms with Crippen molar-refractivity contribution in [3.05, 3.63) is 94.3 Å². The zero-order chi connectivity index (χ0) is 24.9. The van der Waals surface area contributed by atoms with Gasteiger partial charge in [0.1, 0.15) is 11.3 Å². The number of nitrogens with zero attached hydrogens (tertiary/aromatic N) is 1. The van der Waals surface area contributed by atoms with Crippen LogP contribution in [0.1, 0.15) is 36.2 Å². The highest BCUT2D eigenvalue weighted by atomic mass is 35.5. The summed E-state index contributed by atoms with van der Waals surface area (Å²) in [4.78, 5) is 17.4. The third-order valence-corrected chi connectivity index (χ3v) is 5.44. The van der Waals surface area contributed by atoms with E-state index >= 15 is 0 Å². The van der Waals surface area contributed by atoms with E-state index in [0.29, 0.717) is 10.7 Å². The maximum atomic E-state index is 13.9. The number of amides is 2. The van der Waals surface area contributed by atoms with Gasteiger partial charge in [0.25, 0.3) is 0 Å². The molecule has 0 fully saturated rings. The van der Waals surface area contributed by atoms with E-state index in [9.17, 15) is 18.0 Å². The standard InChI is InChI=1S/C25H25ClF3N3O2/c1-16(2)31-23(33)32-24(14-17-7-5-4-6-8-17,22-12-10-19(26)15-30-22)18-9-11-21(34-3)20(13-18)25(27,28)29/h4-13,15-16H,14H2,1-3H3,(H2,31,32,33)/t24-/m0/s1. The molecule has 2 aromatic carbocycles. The minimum absolute atomic E-state index is 0.137. The minimum atomic E-state index is -4.67. The largest absolute Gasteiger partial charge is 0.496 e. The van der Waals surface area contributed by atoms with Gasteiger partial charge in [0.05, 0.1) is 23.4 Å². The van der Waals surface area contributed by atoms with E-state index in [-0.39, 0.29) is 23.8 Å². The van der Waals surface area contributed by atoms with Crippen molar-refractivity contribution in [3.8, 4) is 5.75 Å². The van der Waals surface area contributed by atoms with Gasteiger partial charge >= 0.3 is 12.2 Å². The summed E-state index contributed by atoms with van der Waals surface area (Å²) < 4.78 is 46.7. The van der Waals surface area contributed by atoms with E-state index in [1.807, 2.05) is 30.3 Å². The van der Waals surface area contributed by atoms with Gasteiger partial charge in [0.2, 0.25) is 0 Å². The number of halogens is 4. The van der Waals surface area contributed by atoms with E-state index in [2.05, 4.69) is 15.6 Å². The highest BCUT2D eigenvalue weighted by Gasteiger charge is 2.41. The van der Waals surface area contributed by atoms with Gasteiger partial charge in [-0.25, -0.2) is 4.79 Å². The number of aromatic nitrogens is 1. The minimum Gasteiger partial charge on any atom is -0.496 e. The molecule has 0 unspecified atom stereocenters. The summed E-state index contributed by atoms with van der Waals surface area (Å²) >= 11 is 6.04. The second kappa shape index (κ2) is 10.3. The number of hydrogen-bond donors (Lipinski definition) is 2. The van der Waals surface area contributed by atoms with E-state index in [0.717, 1.165) is 11.6 Å². The van der Waals surface area contributed by atoms with Crippen LogP contribution in [0.25, 0.3) is 0 Å². The van der Waals surface area contributed by atoms with Crippen LogP contribution in [0.3, 0.4) is 0 Å². The summed E-state index contributed by atoms with van der Waals surface area (Å²) in [5.74, 6) is -0.319. The Kier molecular flexibility index (Phi) is 7.71. The number of carbonyl (C=O) groups is 1. The zero-order valence-corrected chi connectivity index (χ0v) is 19.7. The van der Waals surface area contributed by atoms with Gasteiger partial charge in [-0.05, 0) is 49.2 Å². The first-order valence-corrected chi connectivity index (χ1v) is 10.9. The Labute approximate surface area is 201 Å². The average molecular weight is 492 g/mol. The molecular formula is C25H25ClF3N3O2. The summed E-state index contributed by atoms with van der Waals surface area (Å²) in [5, 5.41) is 6.02. The maximum Gasteiger partial charge on any atom is 0.419 e. The molecule has 0 saturated carbocycles. The Bertz CT molecular complexity index is 1120. The van der Waals surface area contributed by atoms with Crippen LogP contribution in [0, 0.1) is 0 Å². The molecule has 34 heavy (non-hydrogen) atoms. The van der Waals surface area contributed by atoms with Gasteiger partial charge < -0.3 is 15.4 Å². The van der Waals surface area contributed by atoms with E-state index in [1.165, 1.54) is 25.4 Å². The number of ether oxygens (including phenoxy) is 1. The summed E-state index contributed by atoms with van der Waals surface area (Å²) in [6.45, 7) is 3.57. The van der Waals surface area contributed by atoms with Crippen LogP contribution in [0.5, 0.6) is 5.75 Å². The molecule has 180 valence electrons. The quantitative estimate of drug-likeness (QED) is 0.429. The molecule has 1 aromatic heterocycles. The Morgan fingerprint density at radius 3 is 2.35 bits per heavy atom. The van der Waals surface area contributed by atoms with Crippen LogP contribution < -0.4 is 15.4 Å². The van der Waals surface area contributed by atoms with Crippen molar-refractivity contribution in [3.63, 3.8) is 0 Å². The lowest BCUT2D eigenvalue weighted by Crippen LogP contribution is -2.53. The van der Waals surface area contributed by atoms with Gasteiger partial charge in [-0.2, -0.15) is 13.2 Å². The fraction of sp³-hybridized carbons (Fsp3) is 0.280. The molecule has 0 aliphatic carbocycles. The van der Waals surface area contributed by atoms with Crippen molar-refractivity contribution >= 4 is 17.6 Å². The summed E-state index contributed by atoms with van der Waals surface area (Å²) in [5.41, 5.74) is -1.09. The number of nitrogens with one attached hydrogen (secondary N) is 2. The molecule has 0 bridgehead atoms. The molecule has 0 aliphatic rings. The average Bonchev–Trinajstić information content (AvgIpc) is 2.78. The second-order valence-corrected chi connectivity index (χ2v) is 8.53. The number of pyridine rings is 1. The SMILES string of the molecule is COc1ccc([C@](Cc2ccccc2)(NC(=O)NC(C)C)c2ccc(Cl)cn2)cc1C(F)(F)F. The summed E-state index contributed by atoms with van der Waals surface area (Å²) in [6, 6.07) is 15.3. The number of hydrogen-bond acceptors (Lipinski definition) is 3. The molecule has 0 aliphatic heterocycles. The number of methoxy groups -OCH3 is 1. The number of rotatable bonds is 7. The van der Waals surface area contributed by atoms with Crippen molar-refractivity contribution in [1.82, 2.24) is 15.6 Å². The van der Waals surface area contributed by atoms with Gasteiger partial charge in [-0.15, -0.1) is 0 Å². The first-order valence-electron chi connectivity index (χ1n) is 10.6. The fourth-order valence-corrected chi connectivity index (χ4v) is 3.85. The topological polar surface area (TPSA) is 63.2 Å². The molecule has 3 aromatic rings. The van der Waals surface area contributed by atoms with Gasteiger partial charge in [-0.1, -0.05) is 48.0 Å². The molecule has 1 atom stereocenters. The van der Waals surface area contributed by atoms with Crippen molar-refractivity contribution in [2.45, 2.75) is 38.0 Å². The smallest absolute Gasteiger partial charge is 0.419 e. The third kappa shape index (κ3) is 5.80. The number of urea groups is 1. The molecule has 0 spiro atoms. The molecule has 1 heterocycles. The number of benzene rings is 2. The molecule has 2 N–H and O–H groups in total. The predicted molar refractivity (Wildman–Crippen MR) is 125 cm³/mol. The summed E-state index contributed by atoms with van der Waals surface area (Å²) in [7, 11) is 1.18. The Morgan fingerprint density at radius 1 is 1.09 bits per heavy atom. The number of carbonyl (C=O) groups excluding carboxylic acids is 1. The van der Waals surface area contributed by atoms with Crippen molar-refractivity contribution in [2.24, 2.45) is 0 Å². The third-order valence-electron chi connectivity index (χ3n) is 5.22. The molecular weight excluding hydrogens is 467 g/mol. The predicted octanol–water partition coefficient (Wildman–Crippen LogP) is 5.96. The highest BCUT2D eigenvalue weighted by Crippen LogP contribution is 2.41. The lowest BCUT2D eigenvalue weighted by atomic mass is 9.79. The zero-order valence-electron chi connectivity index (χ0n) is 18.9. The van der Waals surface area contributed by atoms with Gasteiger partial charge in [-0.3, -0.25) is 4.98 Å². The van der Waals surface area contributed by atoms with Gasteiger partial charge in [0, 0.05) is 18.7 Å².